The molecule has 1 aromatic carbocycles. The number of nitrogens with zero attached hydrogens (tertiary/aromatic N) is 4. The summed E-state index contributed by atoms with van der Waals surface area (Å²) in [6.45, 7) is 1.33. The Hall–Kier alpha value is -3.87. The van der Waals surface area contributed by atoms with Gasteiger partial charge in [-0.1, -0.05) is 22.8 Å². The highest BCUT2D eigenvalue weighted by molar-refractivity contribution is 6.32. The zero-order valence-corrected chi connectivity index (χ0v) is 18.8. The number of benzene rings is 1. The standard InChI is InChI=1S/C22H14ClF6N5O2/c1-11(14-5-4-12(21(24,25)26)7-15(14)22(27,28)29)34-10-13(9-31-34)32-20(35)17-8-18(36-33-17)19-16(23)3-2-6-30-19/h2-11H,1H3,(H,32,35). The highest BCUT2D eigenvalue weighted by atomic mass is 35.5. The molecule has 7 nitrogen and oxygen atoms in total. The van der Waals surface area contributed by atoms with Gasteiger partial charge < -0.3 is 9.84 Å². The van der Waals surface area contributed by atoms with E-state index in [9.17, 15) is 31.1 Å². The number of halogens is 7. The minimum absolute atomic E-state index is 0.0635. The maximum atomic E-state index is 13.5. The number of amides is 1. The number of hydrogen-bond donors (Lipinski definition) is 1. The molecule has 0 fully saturated rings. The van der Waals surface area contributed by atoms with Crippen molar-refractivity contribution in [3.05, 3.63) is 82.4 Å². The number of nitrogens with one attached hydrogen (secondary N) is 1. The van der Waals surface area contributed by atoms with Gasteiger partial charge in [-0.05, 0) is 36.8 Å². The van der Waals surface area contributed by atoms with E-state index in [0.717, 1.165) is 10.7 Å². The Morgan fingerprint density at radius 2 is 1.86 bits per heavy atom. The van der Waals surface area contributed by atoms with Crippen molar-refractivity contribution < 1.29 is 35.7 Å². The van der Waals surface area contributed by atoms with Crippen molar-refractivity contribution in [1.82, 2.24) is 19.9 Å². The third-order valence-corrected chi connectivity index (χ3v) is 5.43. The molecule has 14 heteroatoms. The number of carbonyl (C=O) groups excluding carboxylic acids is 1. The molecule has 4 rings (SSSR count). The van der Waals surface area contributed by atoms with E-state index in [-0.39, 0.29) is 33.9 Å². The fraction of sp³-hybridized carbons (Fsp3) is 0.182. The first-order valence-electron chi connectivity index (χ1n) is 10.1. The lowest BCUT2D eigenvalue weighted by Crippen LogP contribution is -2.17. The average molecular weight is 530 g/mol. The number of alkyl halides is 6. The Kier molecular flexibility index (Phi) is 6.52. The van der Waals surface area contributed by atoms with Crippen molar-refractivity contribution >= 4 is 23.2 Å². The second kappa shape index (κ2) is 9.30. The van der Waals surface area contributed by atoms with Gasteiger partial charge in [-0.25, -0.2) is 0 Å². The first kappa shape index (κ1) is 25.2. The number of pyridine rings is 1. The van der Waals surface area contributed by atoms with Crippen LogP contribution in [0.2, 0.25) is 5.02 Å². The summed E-state index contributed by atoms with van der Waals surface area (Å²) in [6, 6.07) is 4.76. The van der Waals surface area contributed by atoms with E-state index in [4.69, 9.17) is 16.1 Å². The molecule has 0 spiro atoms. The van der Waals surface area contributed by atoms with Gasteiger partial charge in [-0.2, -0.15) is 31.4 Å². The fourth-order valence-corrected chi connectivity index (χ4v) is 3.57. The third-order valence-electron chi connectivity index (χ3n) is 5.13. The summed E-state index contributed by atoms with van der Waals surface area (Å²) >= 11 is 6.04. The quantitative estimate of drug-likeness (QED) is 0.299. The van der Waals surface area contributed by atoms with E-state index >= 15 is 0 Å². The number of anilines is 1. The Morgan fingerprint density at radius 3 is 2.53 bits per heavy atom. The first-order chi connectivity index (χ1) is 16.8. The van der Waals surface area contributed by atoms with Crippen LogP contribution in [-0.4, -0.2) is 25.8 Å². The van der Waals surface area contributed by atoms with Gasteiger partial charge in [0, 0.05) is 18.5 Å². The molecule has 0 aliphatic carbocycles. The van der Waals surface area contributed by atoms with Crippen LogP contribution in [0.15, 0.2) is 59.5 Å². The molecule has 3 heterocycles. The van der Waals surface area contributed by atoms with Crippen LogP contribution in [0, 0.1) is 0 Å². The molecule has 1 N–H and O–H groups in total. The maximum Gasteiger partial charge on any atom is 0.416 e. The van der Waals surface area contributed by atoms with E-state index in [0.29, 0.717) is 6.07 Å². The number of carbonyl (C=O) groups is 1. The van der Waals surface area contributed by atoms with E-state index in [2.05, 4.69) is 20.6 Å². The van der Waals surface area contributed by atoms with Crippen molar-refractivity contribution in [3.63, 3.8) is 0 Å². The molecular formula is C22H14ClF6N5O2. The molecule has 36 heavy (non-hydrogen) atoms. The van der Waals surface area contributed by atoms with E-state index < -0.39 is 41.0 Å². The van der Waals surface area contributed by atoms with Crippen molar-refractivity contribution in [3.8, 4) is 11.5 Å². The molecule has 188 valence electrons. The molecule has 0 aliphatic rings. The Bertz CT molecular complexity index is 1410. The van der Waals surface area contributed by atoms with Crippen LogP contribution < -0.4 is 5.32 Å². The summed E-state index contributed by atoms with van der Waals surface area (Å²) in [7, 11) is 0. The highest BCUT2D eigenvalue weighted by Crippen LogP contribution is 2.40. The Labute approximate surface area is 203 Å². The number of rotatable bonds is 5. The van der Waals surface area contributed by atoms with E-state index in [1.165, 1.54) is 31.6 Å². The van der Waals surface area contributed by atoms with Gasteiger partial charge in [0.05, 0.1) is 34.1 Å². The van der Waals surface area contributed by atoms with Crippen LogP contribution in [-0.2, 0) is 12.4 Å². The second-order valence-electron chi connectivity index (χ2n) is 7.55. The molecule has 0 bridgehead atoms. The maximum absolute atomic E-state index is 13.5. The minimum atomic E-state index is -5.03. The van der Waals surface area contributed by atoms with Crippen LogP contribution in [0.25, 0.3) is 11.5 Å². The van der Waals surface area contributed by atoms with Crippen molar-refractivity contribution in [2.45, 2.75) is 25.3 Å². The molecule has 0 saturated carbocycles. The Balaban J connectivity index is 1.54. The molecule has 1 amide bonds. The van der Waals surface area contributed by atoms with Crippen LogP contribution >= 0.6 is 11.6 Å². The predicted molar refractivity (Wildman–Crippen MR) is 115 cm³/mol. The zero-order chi connectivity index (χ0) is 26.3. The first-order valence-corrected chi connectivity index (χ1v) is 10.4. The summed E-state index contributed by atoms with van der Waals surface area (Å²) < 4.78 is 85.6. The minimum Gasteiger partial charge on any atom is -0.354 e. The van der Waals surface area contributed by atoms with Crippen LogP contribution in [0.4, 0.5) is 32.0 Å². The van der Waals surface area contributed by atoms with Crippen LogP contribution in [0.1, 0.15) is 40.1 Å². The molecular weight excluding hydrogens is 516 g/mol. The summed E-state index contributed by atoms with van der Waals surface area (Å²) in [5, 5.41) is 10.3. The highest BCUT2D eigenvalue weighted by Gasteiger charge is 2.39. The number of aromatic nitrogens is 4. The summed E-state index contributed by atoms with van der Waals surface area (Å²) in [5.41, 5.74) is -3.04. The Morgan fingerprint density at radius 1 is 1.11 bits per heavy atom. The van der Waals surface area contributed by atoms with Gasteiger partial charge in [0.25, 0.3) is 5.91 Å². The lowest BCUT2D eigenvalue weighted by atomic mass is 9.98. The molecule has 4 aromatic rings. The smallest absolute Gasteiger partial charge is 0.354 e. The van der Waals surface area contributed by atoms with Crippen molar-refractivity contribution in [1.29, 1.82) is 0 Å². The second-order valence-corrected chi connectivity index (χ2v) is 7.95. The predicted octanol–water partition coefficient (Wildman–Crippen LogP) is 6.49. The molecule has 1 unspecified atom stereocenters. The van der Waals surface area contributed by atoms with Crippen molar-refractivity contribution in [2.24, 2.45) is 0 Å². The third kappa shape index (κ3) is 5.20. The number of hydrogen-bond acceptors (Lipinski definition) is 5. The van der Waals surface area contributed by atoms with Gasteiger partial charge in [-0.3, -0.25) is 14.5 Å². The van der Waals surface area contributed by atoms with Crippen LogP contribution in [0.5, 0.6) is 0 Å². The lowest BCUT2D eigenvalue weighted by Gasteiger charge is -2.20. The zero-order valence-electron chi connectivity index (χ0n) is 18.0. The van der Waals surface area contributed by atoms with Gasteiger partial charge in [0.1, 0.15) is 5.69 Å². The SMILES string of the molecule is CC(c1ccc(C(F)(F)F)cc1C(F)(F)F)n1cc(NC(=O)c2cc(-c3ncccc3Cl)on2)cn1. The van der Waals surface area contributed by atoms with Gasteiger partial charge in [0.2, 0.25) is 0 Å². The van der Waals surface area contributed by atoms with Crippen molar-refractivity contribution in [2.75, 3.05) is 5.32 Å². The molecule has 1 atom stereocenters. The molecule has 3 aromatic heterocycles. The topological polar surface area (TPSA) is 85.8 Å². The van der Waals surface area contributed by atoms with Gasteiger partial charge >= 0.3 is 12.4 Å². The van der Waals surface area contributed by atoms with Gasteiger partial charge in [0.15, 0.2) is 11.5 Å². The van der Waals surface area contributed by atoms with E-state index in [1.54, 1.807) is 12.1 Å². The van der Waals surface area contributed by atoms with E-state index in [1.807, 2.05) is 0 Å². The van der Waals surface area contributed by atoms with Gasteiger partial charge in [-0.15, -0.1) is 0 Å². The molecule has 0 radical (unpaired) electrons. The summed E-state index contributed by atoms with van der Waals surface area (Å²) in [4.78, 5) is 16.6. The normalized spacial score (nSPS) is 13.0. The van der Waals surface area contributed by atoms with Crippen LogP contribution in [0.3, 0.4) is 0 Å². The molecule has 0 saturated heterocycles. The fourth-order valence-electron chi connectivity index (χ4n) is 3.36. The summed E-state index contributed by atoms with van der Waals surface area (Å²) in [5.74, 6) is -0.577. The molecule has 0 aliphatic heterocycles. The average Bonchev–Trinajstić information content (AvgIpc) is 3.47. The lowest BCUT2D eigenvalue weighted by molar-refractivity contribution is -0.143. The monoisotopic (exact) mass is 529 g/mol. The summed E-state index contributed by atoms with van der Waals surface area (Å²) in [6.07, 6.45) is -6.09. The largest absolute Gasteiger partial charge is 0.416 e.